The van der Waals surface area contributed by atoms with Gasteiger partial charge in [-0.1, -0.05) is 35.1 Å². The van der Waals surface area contributed by atoms with Crippen LogP contribution in [0.25, 0.3) is 10.2 Å². The lowest BCUT2D eigenvalue weighted by Gasteiger charge is -2.32. The number of pyridine rings is 1. The van der Waals surface area contributed by atoms with Crippen LogP contribution in [-0.2, 0) is 21.4 Å². The van der Waals surface area contributed by atoms with E-state index >= 15 is 0 Å². The molecular formula is C25H25ClN4O4S3. The van der Waals surface area contributed by atoms with Crippen LogP contribution in [0.3, 0.4) is 0 Å². The van der Waals surface area contributed by atoms with E-state index in [1.54, 1.807) is 24.3 Å². The van der Waals surface area contributed by atoms with E-state index in [1.165, 1.54) is 21.7 Å². The maximum Gasteiger partial charge on any atom is 0.252 e. The molecule has 194 valence electrons. The molecule has 0 unspecified atom stereocenters. The van der Waals surface area contributed by atoms with Crippen molar-refractivity contribution in [1.82, 2.24) is 14.3 Å². The van der Waals surface area contributed by atoms with Crippen molar-refractivity contribution >= 4 is 65.6 Å². The van der Waals surface area contributed by atoms with Crippen LogP contribution < -0.4 is 9.64 Å². The van der Waals surface area contributed by atoms with Crippen LogP contribution in [0.15, 0.2) is 52.9 Å². The molecule has 1 aliphatic rings. The number of hydrogen-bond acceptors (Lipinski definition) is 8. The van der Waals surface area contributed by atoms with Crippen molar-refractivity contribution in [2.75, 3.05) is 25.1 Å². The Morgan fingerprint density at radius 2 is 1.95 bits per heavy atom. The molecule has 0 radical (unpaired) electrons. The lowest BCUT2D eigenvalue weighted by Crippen LogP contribution is -2.44. The quantitative estimate of drug-likeness (QED) is 0.294. The molecule has 5 rings (SSSR count). The van der Waals surface area contributed by atoms with E-state index in [9.17, 15) is 13.2 Å². The van der Waals surface area contributed by atoms with E-state index in [4.69, 9.17) is 21.3 Å². The van der Waals surface area contributed by atoms with Gasteiger partial charge in [0.1, 0.15) is 15.5 Å². The second kappa shape index (κ2) is 10.7. The zero-order valence-corrected chi connectivity index (χ0v) is 23.5. The fraction of sp³-hybridized carbons (Fsp3) is 0.320. The summed E-state index contributed by atoms with van der Waals surface area (Å²) in [6.45, 7) is 2.80. The number of aromatic nitrogens is 2. The Morgan fingerprint density at radius 3 is 2.59 bits per heavy atom. The van der Waals surface area contributed by atoms with Crippen molar-refractivity contribution < 1.29 is 17.9 Å². The smallest absolute Gasteiger partial charge is 0.252 e. The summed E-state index contributed by atoms with van der Waals surface area (Å²) in [6, 6.07) is 12.6. The SMILES string of the molecule is COc1ccc(C)c2sc(N(Cc3ccccn3)C(=O)C3CCN(S(=O)(=O)c4ccc(Cl)s4)CC3)nc12. The second-order valence-corrected chi connectivity index (χ2v) is 13.6. The molecule has 1 aromatic carbocycles. The Labute approximate surface area is 228 Å². The number of sulfonamides is 1. The monoisotopic (exact) mass is 576 g/mol. The first kappa shape index (κ1) is 26.1. The molecule has 37 heavy (non-hydrogen) atoms. The molecule has 3 aromatic heterocycles. The van der Waals surface area contributed by atoms with Crippen LogP contribution >= 0.6 is 34.3 Å². The fourth-order valence-corrected chi connectivity index (χ4v) is 8.56. The zero-order chi connectivity index (χ0) is 26.2. The highest BCUT2D eigenvalue weighted by Crippen LogP contribution is 2.38. The molecule has 1 aliphatic heterocycles. The highest BCUT2D eigenvalue weighted by atomic mass is 35.5. The van der Waals surface area contributed by atoms with Crippen molar-refractivity contribution in [3.63, 3.8) is 0 Å². The number of carbonyl (C=O) groups excluding carboxylic acids is 1. The summed E-state index contributed by atoms with van der Waals surface area (Å²) in [5.74, 6) is 0.232. The number of thiophene rings is 1. The third-order valence-corrected chi connectivity index (χ3v) is 11.2. The van der Waals surface area contributed by atoms with E-state index in [-0.39, 0.29) is 35.7 Å². The summed E-state index contributed by atoms with van der Waals surface area (Å²) in [7, 11) is -2.03. The Bertz CT molecular complexity index is 1530. The first-order valence-corrected chi connectivity index (χ1v) is 15.1. The van der Waals surface area contributed by atoms with Crippen LogP contribution in [0.4, 0.5) is 5.13 Å². The first-order valence-electron chi connectivity index (χ1n) is 11.7. The molecule has 0 saturated carbocycles. The number of fused-ring (bicyclic) bond motifs is 1. The predicted molar refractivity (Wildman–Crippen MR) is 147 cm³/mol. The van der Waals surface area contributed by atoms with Crippen molar-refractivity contribution in [2.24, 2.45) is 5.92 Å². The number of piperidine rings is 1. The standard InChI is InChI=1S/C25H25ClN4O4S3/c1-16-6-7-19(34-2)22-23(16)36-25(28-22)30(15-18-5-3-4-12-27-18)24(31)17-10-13-29(14-11-17)37(32,33)21-9-8-20(26)35-21/h3-9,12,17H,10-11,13-15H2,1-2H3. The average Bonchev–Trinajstić information content (AvgIpc) is 3.56. The van der Waals surface area contributed by atoms with Gasteiger partial charge < -0.3 is 4.74 Å². The van der Waals surface area contributed by atoms with Gasteiger partial charge in [-0.3, -0.25) is 14.7 Å². The number of methoxy groups -OCH3 is 1. The minimum Gasteiger partial charge on any atom is -0.494 e. The van der Waals surface area contributed by atoms with E-state index in [2.05, 4.69) is 4.98 Å². The average molecular weight is 577 g/mol. The summed E-state index contributed by atoms with van der Waals surface area (Å²) in [6.07, 6.45) is 2.54. The van der Waals surface area contributed by atoms with Gasteiger partial charge in [0.2, 0.25) is 5.91 Å². The van der Waals surface area contributed by atoms with Gasteiger partial charge in [0, 0.05) is 25.2 Å². The minimum atomic E-state index is -3.63. The maximum atomic E-state index is 13.9. The number of thiazole rings is 1. The number of carbonyl (C=O) groups is 1. The fourth-order valence-electron chi connectivity index (χ4n) is 4.40. The number of benzene rings is 1. The van der Waals surface area contributed by atoms with Crippen LogP contribution in [0.2, 0.25) is 4.34 Å². The Balaban J connectivity index is 1.41. The number of rotatable bonds is 7. The molecule has 1 fully saturated rings. The van der Waals surface area contributed by atoms with Gasteiger partial charge >= 0.3 is 0 Å². The molecule has 8 nitrogen and oxygen atoms in total. The normalized spacial score (nSPS) is 15.2. The summed E-state index contributed by atoms with van der Waals surface area (Å²) in [5.41, 5.74) is 2.52. The van der Waals surface area contributed by atoms with Crippen LogP contribution in [-0.4, -0.2) is 48.8 Å². The topological polar surface area (TPSA) is 92.7 Å². The van der Waals surface area contributed by atoms with E-state index in [0.29, 0.717) is 28.1 Å². The summed E-state index contributed by atoms with van der Waals surface area (Å²) in [5, 5.41) is 0.571. The molecule has 0 N–H and O–H groups in total. The van der Waals surface area contributed by atoms with Crippen LogP contribution in [0.1, 0.15) is 24.1 Å². The largest absolute Gasteiger partial charge is 0.494 e. The lowest BCUT2D eigenvalue weighted by molar-refractivity contribution is -0.123. The number of nitrogens with zero attached hydrogens (tertiary/aromatic N) is 4. The highest BCUT2D eigenvalue weighted by molar-refractivity contribution is 7.91. The molecule has 0 aliphatic carbocycles. The van der Waals surface area contributed by atoms with Gasteiger partial charge in [0.15, 0.2) is 5.13 Å². The molecule has 12 heteroatoms. The molecule has 0 atom stereocenters. The molecule has 1 saturated heterocycles. The zero-order valence-electron chi connectivity index (χ0n) is 20.3. The van der Waals surface area contributed by atoms with Gasteiger partial charge in [0.25, 0.3) is 10.0 Å². The minimum absolute atomic E-state index is 0.0856. The maximum absolute atomic E-state index is 13.9. The number of halogens is 1. The van der Waals surface area contributed by atoms with Gasteiger partial charge in [-0.25, -0.2) is 13.4 Å². The lowest BCUT2D eigenvalue weighted by atomic mass is 9.96. The third kappa shape index (κ3) is 5.23. The first-order chi connectivity index (χ1) is 17.8. The molecule has 0 spiro atoms. The van der Waals surface area contributed by atoms with Crippen LogP contribution in [0.5, 0.6) is 5.75 Å². The number of aryl methyl sites for hydroxylation is 1. The van der Waals surface area contributed by atoms with Gasteiger partial charge in [-0.15, -0.1) is 11.3 Å². The summed E-state index contributed by atoms with van der Waals surface area (Å²) < 4.78 is 34.6. The van der Waals surface area contributed by atoms with Crippen molar-refractivity contribution in [3.05, 3.63) is 64.3 Å². The number of hydrogen-bond donors (Lipinski definition) is 0. The second-order valence-electron chi connectivity index (χ2n) is 8.74. The Morgan fingerprint density at radius 1 is 1.16 bits per heavy atom. The Hall–Kier alpha value is -2.57. The molecule has 0 bridgehead atoms. The predicted octanol–water partition coefficient (Wildman–Crippen LogP) is 5.36. The van der Waals surface area contributed by atoms with Crippen molar-refractivity contribution in [2.45, 2.75) is 30.5 Å². The van der Waals surface area contributed by atoms with Crippen molar-refractivity contribution in [3.8, 4) is 5.75 Å². The molecule has 4 aromatic rings. The van der Waals surface area contributed by atoms with Crippen LogP contribution in [0, 0.1) is 12.8 Å². The summed E-state index contributed by atoms with van der Waals surface area (Å²) >= 11 is 8.44. The third-order valence-electron chi connectivity index (χ3n) is 6.40. The number of ether oxygens (including phenoxy) is 1. The van der Waals surface area contributed by atoms with Gasteiger partial charge in [-0.05, 0) is 55.7 Å². The van der Waals surface area contributed by atoms with Gasteiger partial charge in [-0.2, -0.15) is 4.31 Å². The number of amides is 1. The molecule has 1 amide bonds. The van der Waals surface area contributed by atoms with E-state index < -0.39 is 10.0 Å². The molecular weight excluding hydrogens is 552 g/mol. The summed E-state index contributed by atoms with van der Waals surface area (Å²) in [4.78, 5) is 24.8. The van der Waals surface area contributed by atoms with E-state index in [1.807, 2.05) is 37.3 Å². The highest BCUT2D eigenvalue weighted by Gasteiger charge is 2.36. The molecule has 4 heterocycles. The number of anilines is 1. The van der Waals surface area contributed by atoms with Gasteiger partial charge in [0.05, 0.1) is 28.4 Å². The van der Waals surface area contributed by atoms with E-state index in [0.717, 1.165) is 32.8 Å². The van der Waals surface area contributed by atoms with Crippen molar-refractivity contribution in [1.29, 1.82) is 0 Å². The Kier molecular flexibility index (Phi) is 7.51.